The summed E-state index contributed by atoms with van der Waals surface area (Å²) in [5.41, 5.74) is 2.01. The number of nitrogens with one attached hydrogen (secondary N) is 1. The van der Waals surface area contributed by atoms with Gasteiger partial charge in [0, 0.05) is 7.05 Å². The first-order chi connectivity index (χ1) is 11.8. The number of sulfonamides is 1. The quantitative estimate of drug-likeness (QED) is 0.775. The Morgan fingerprint density at radius 1 is 1.12 bits per heavy atom. The molecule has 0 saturated carbocycles. The number of hydrogen-bond acceptors (Lipinski definition) is 4. The van der Waals surface area contributed by atoms with Crippen molar-refractivity contribution >= 4 is 20.9 Å². The van der Waals surface area contributed by atoms with Crippen LogP contribution in [0.15, 0.2) is 52.2 Å². The predicted octanol–water partition coefficient (Wildman–Crippen LogP) is 2.03. The molecule has 1 aromatic heterocycles. The number of rotatable bonds is 4. The van der Waals surface area contributed by atoms with Crippen LogP contribution in [0.5, 0.6) is 0 Å². The van der Waals surface area contributed by atoms with Gasteiger partial charge in [-0.15, -0.1) is 0 Å². The standard InChI is InChI=1S/C18H19N3O3S/c1-12-8-9-16(13(2)10-12)25(23,24)19-11-17-20-15-7-5-4-6-14(15)18(22)21(17)3/h4-10,19H,11H2,1-3H3. The zero-order chi connectivity index (χ0) is 18.2. The average molecular weight is 357 g/mol. The van der Waals surface area contributed by atoms with Gasteiger partial charge in [0.05, 0.1) is 22.3 Å². The highest BCUT2D eigenvalue weighted by Gasteiger charge is 2.18. The fourth-order valence-corrected chi connectivity index (χ4v) is 3.96. The largest absolute Gasteiger partial charge is 0.298 e. The van der Waals surface area contributed by atoms with E-state index in [1.165, 1.54) is 4.57 Å². The topological polar surface area (TPSA) is 81.1 Å². The molecule has 3 aromatic rings. The van der Waals surface area contributed by atoms with E-state index >= 15 is 0 Å². The van der Waals surface area contributed by atoms with Crippen molar-refractivity contribution in [1.29, 1.82) is 0 Å². The van der Waals surface area contributed by atoms with E-state index in [0.717, 1.165) is 5.56 Å². The predicted molar refractivity (Wildman–Crippen MR) is 96.9 cm³/mol. The Balaban J connectivity index is 1.94. The molecule has 0 aliphatic heterocycles. The first-order valence-corrected chi connectivity index (χ1v) is 9.29. The monoisotopic (exact) mass is 357 g/mol. The Bertz CT molecular complexity index is 1120. The van der Waals surface area contributed by atoms with E-state index in [1.54, 1.807) is 50.4 Å². The van der Waals surface area contributed by atoms with Gasteiger partial charge in [-0.1, -0.05) is 29.8 Å². The summed E-state index contributed by atoms with van der Waals surface area (Å²) < 4.78 is 29.0. The molecule has 1 heterocycles. The lowest BCUT2D eigenvalue weighted by Gasteiger charge is -2.12. The third kappa shape index (κ3) is 3.33. The highest BCUT2D eigenvalue weighted by Crippen LogP contribution is 2.16. The number of hydrogen-bond donors (Lipinski definition) is 1. The van der Waals surface area contributed by atoms with E-state index in [4.69, 9.17) is 0 Å². The van der Waals surface area contributed by atoms with Crippen LogP contribution in [0.1, 0.15) is 17.0 Å². The first-order valence-electron chi connectivity index (χ1n) is 7.81. The number of para-hydroxylation sites is 1. The van der Waals surface area contributed by atoms with Gasteiger partial charge in [0.1, 0.15) is 5.82 Å². The van der Waals surface area contributed by atoms with Gasteiger partial charge in [-0.25, -0.2) is 18.1 Å². The molecule has 0 aliphatic rings. The molecule has 0 bridgehead atoms. The molecular formula is C18H19N3O3S. The third-order valence-electron chi connectivity index (χ3n) is 4.12. The molecule has 2 aromatic carbocycles. The van der Waals surface area contributed by atoms with E-state index in [2.05, 4.69) is 9.71 Å². The van der Waals surface area contributed by atoms with Crippen molar-refractivity contribution in [2.45, 2.75) is 25.3 Å². The number of benzene rings is 2. The SMILES string of the molecule is Cc1ccc(S(=O)(=O)NCc2nc3ccccc3c(=O)n2C)c(C)c1. The van der Waals surface area contributed by atoms with E-state index in [9.17, 15) is 13.2 Å². The van der Waals surface area contributed by atoms with Crippen molar-refractivity contribution in [3.63, 3.8) is 0 Å². The van der Waals surface area contributed by atoms with Crippen LogP contribution < -0.4 is 10.3 Å². The molecule has 0 saturated heterocycles. The van der Waals surface area contributed by atoms with Gasteiger partial charge in [-0.3, -0.25) is 9.36 Å². The molecular weight excluding hydrogens is 338 g/mol. The van der Waals surface area contributed by atoms with E-state index in [-0.39, 0.29) is 17.0 Å². The Morgan fingerprint density at radius 3 is 2.56 bits per heavy atom. The maximum atomic E-state index is 12.6. The van der Waals surface area contributed by atoms with Crippen molar-refractivity contribution in [3.05, 3.63) is 69.8 Å². The highest BCUT2D eigenvalue weighted by molar-refractivity contribution is 7.89. The van der Waals surface area contributed by atoms with Crippen molar-refractivity contribution in [3.8, 4) is 0 Å². The lowest BCUT2D eigenvalue weighted by Crippen LogP contribution is -2.30. The van der Waals surface area contributed by atoms with Crippen LogP contribution in [0, 0.1) is 13.8 Å². The minimum absolute atomic E-state index is 0.0633. The van der Waals surface area contributed by atoms with Gasteiger partial charge in [0.2, 0.25) is 10.0 Å². The maximum absolute atomic E-state index is 12.6. The third-order valence-corrected chi connectivity index (χ3v) is 5.68. The molecule has 0 radical (unpaired) electrons. The number of fused-ring (bicyclic) bond motifs is 1. The van der Waals surface area contributed by atoms with Gasteiger partial charge < -0.3 is 0 Å². The zero-order valence-electron chi connectivity index (χ0n) is 14.3. The summed E-state index contributed by atoms with van der Waals surface area (Å²) >= 11 is 0. The molecule has 1 N–H and O–H groups in total. The van der Waals surface area contributed by atoms with Crippen LogP contribution in [0.4, 0.5) is 0 Å². The lowest BCUT2D eigenvalue weighted by molar-refractivity contribution is 0.575. The summed E-state index contributed by atoms with van der Waals surface area (Å²) in [5.74, 6) is 0.358. The van der Waals surface area contributed by atoms with Crippen LogP contribution in [0.3, 0.4) is 0 Å². The Kier molecular flexibility index (Phi) is 4.45. The summed E-state index contributed by atoms with van der Waals surface area (Å²) in [6.07, 6.45) is 0. The number of aryl methyl sites for hydroxylation is 2. The smallest absolute Gasteiger partial charge is 0.261 e. The number of nitrogens with zero attached hydrogens (tertiary/aromatic N) is 2. The van der Waals surface area contributed by atoms with Crippen molar-refractivity contribution in [1.82, 2.24) is 14.3 Å². The fraction of sp³-hybridized carbons (Fsp3) is 0.222. The Morgan fingerprint density at radius 2 is 1.84 bits per heavy atom. The molecule has 0 fully saturated rings. The van der Waals surface area contributed by atoms with Crippen LogP contribution in [0.2, 0.25) is 0 Å². The van der Waals surface area contributed by atoms with Gasteiger partial charge >= 0.3 is 0 Å². The summed E-state index contributed by atoms with van der Waals surface area (Å²) in [6.45, 7) is 3.60. The molecule has 25 heavy (non-hydrogen) atoms. The summed E-state index contributed by atoms with van der Waals surface area (Å²) in [7, 11) is -2.11. The van der Waals surface area contributed by atoms with Gasteiger partial charge in [-0.2, -0.15) is 0 Å². The van der Waals surface area contributed by atoms with Crippen molar-refractivity contribution in [2.75, 3.05) is 0 Å². The molecule has 0 atom stereocenters. The lowest BCUT2D eigenvalue weighted by atomic mass is 10.2. The molecule has 0 unspecified atom stereocenters. The van der Waals surface area contributed by atoms with E-state index in [0.29, 0.717) is 22.3 Å². The molecule has 0 aliphatic carbocycles. The maximum Gasteiger partial charge on any atom is 0.261 e. The van der Waals surface area contributed by atoms with Crippen LogP contribution >= 0.6 is 0 Å². The molecule has 0 amide bonds. The second-order valence-corrected chi connectivity index (χ2v) is 7.74. The molecule has 6 nitrogen and oxygen atoms in total. The van der Waals surface area contributed by atoms with Crippen molar-refractivity contribution in [2.24, 2.45) is 7.05 Å². The van der Waals surface area contributed by atoms with Crippen LogP contribution in [-0.2, 0) is 23.6 Å². The normalized spacial score (nSPS) is 11.8. The van der Waals surface area contributed by atoms with Crippen LogP contribution in [-0.4, -0.2) is 18.0 Å². The fourth-order valence-electron chi connectivity index (χ4n) is 2.76. The number of aromatic nitrogens is 2. The zero-order valence-corrected chi connectivity index (χ0v) is 15.1. The molecule has 130 valence electrons. The highest BCUT2D eigenvalue weighted by atomic mass is 32.2. The van der Waals surface area contributed by atoms with Gasteiger partial charge in [0.25, 0.3) is 5.56 Å². The Labute approximate surface area is 146 Å². The molecule has 7 heteroatoms. The summed E-state index contributed by atoms with van der Waals surface area (Å²) in [5, 5.41) is 0.506. The van der Waals surface area contributed by atoms with Crippen LogP contribution in [0.25, 0.3) is 10.9 Å². The average Bonchev–Trinajstić information content (AvgIpc) is 2.56. The summed E-state index contributed by atoms with van der Waals surface area (Å²) in [4.78, 5) is 17.0. The molecule has 0 spiro atoms. The first kappa shape index (κ1) is 17.3. The van der Waals surface area contributed by atoms with Gasteiger partial charge in [-0.05, 0) is 37.6 Å². The Hall–Kier alpha value is -2.51. The minimum atomic E-state index is -3.69. The van der Waals surface area contributed by atoms with Gasteiger partial charge in [0.15, 0.2) is 0 Å². The van der Waals surface area contributed by atoms with Crippen molar-refractivity contribution < 1.29 is 8.42 Å². The van der Waals surface area contributed by atoms with E-state index in [1.807, 2.05) is 13.0 Å². The molecule has 3 rings (SSSR count). The minimum Gasteiger partial charge on any atom is -0.298 e. The summed E-state index contributed by atoms with van der Waals surface area (Å²) in [6, 6.07) is 12.2. The second-order valence-electron chi connectivity index (χ2n) is 6.00. The van der Waals surface area contributed by atoms with E-state index < -0.39 is 10.0 Å². The second kappa shape index (κ2) is 6.42.